The summed E-state index contributed by atoms with van der Waals surface area (Å²) in [5, 5.41) is 3.73. The highest BCUT2D eigenvalue weighted by molar-refractivity contribution is 5.69. The van der Waals surface area contributed by atoms with E-state index in [0.29, 0.717) is 13.0 Å². The Morgan fingerprint density at radius 1 is 1.14 bits per heavy atom. The van der Waals surface area contributed by atoms with Crippen molar-refractivity contribution in [2.45, 2.75) is 64.3 Å². The van der Waals surface area contributed by atoms with Crippen molar-refractivity contribution in [2.75, 3.05) is 32.8 Å². The first-order chi connectivity index (χ1) is 10.3. The monoisotopic (exact) mass is 296 g/mol. The lowest BCUT2D eigenvalue weighted by Crippen LogP contribution is -2.43. The molecule has 1 aliphatic carbocycles. The topological polar surface area (TPSA) is 41.6 Å². The lowest BCUT2D eigenvalue weighted by Gasteiger charge is -2.32. The summed E-state index contributed by atoms with van der Waals surface area (Å²) in [6.45, 7) is 7.28. The minimum Gasteiger partial charge on any atom is -0.466 e. The summed E-state index contributed by atoms with van der Waals surface area (Å²) in [6, 6.07) is 0.755. The zero-order valence-corrected chi connectivity index (χ0v) is 13.6. The lowest BCUT2D eigenvalue weighted by molar-refractivity contribution is -0.143. The quantitative estimate of drug-likeness (QED) is 0.497. The van der Waals surface area contributed by atoms with Crippen LogP contribution in [0.2, 0.25) is 0 Å². The van der Waals surface area contributed by atoms with Crippen molar-refractivity contribution in [1.29, 1.82) is 0 Å². The van der Waals surface area contributed by atoms with E-state index in [2.05, 4.69) is 10.2 Å². The van der Waals surface area contributed by atoms with Gasteiger partial charge in [-0.1, -0.05) is 6.42 Å². The van der Waals surface area contributed by atoms with Crippen LogP contribution in [0.5, 0.6) is 0 Å². The number of carbonyl (C=O) groups excluding carboxylic acids is 1. The van der Waals surface area contributed by atoms with Gasteiger partial charge in [-0.15, -0.1) is 0 Å². The van der Waals surface area contributed by atoms with E-state index in [-0.39, 0.29) is 5.97 Å². The molecule has 4 nitrogen and oxygen atoms in total. The number of ether oxygens (including phenoxy) is 1. The molecule has 1 aliphatic heterocycles. The van der Waals surface area contributed by atoms with Crippen LogP contribution >= 0.6 is 0 Å². The fourth-order valence-electron chi connectivity index (χ4n) is 3.03. The van der Waals surface area contributed by atoms with Crippen molar-refractivity contribution in [3.63, 3.8) is 0 Å². The third-order valence-corrected chi connectivity index (χ3v) is 4.64. The molecule has 0 radical (unpaired) electrons. The number of likely N-dealkylation sites (tertiary alicyclic amines) is 1. The van der Waals surface area contributed by atoms with Crippen LogP contribution in [0.4, 0.5) is 0 Å². The Morgan fingerprint density at radius 3 is 2.57 bits per heavy atom. The summed E-state index contributed by atoms with van der Waals surface area (Å²) in [5.41, 5.74) is 0. The molecule has 0 bridgehead atoms. The summed E-state index contributed by atoms with van der Waals surface area (Å²) < 4.78 is 4.94. The van der Waals surface area contributed by atoms with Crippen LogP contribution in [0.15, 0.2) is 0 Å². The van der Waals surface area contributed by atoms with Crippen LogP contribution in [0.25, 0.3) is 0 Å². The molecule has 0 unspecified atom stereocenters. The lowest BCUT2D eigenvalue weighted by atomic mass is 10.0. The van der Waals surface area contributed by atoms with Gasteiger partial charge in [0.2, 0.25) is 0 Å². The van der Waals surface area contributed by atoms with E-state index >= 15 is 0 Å². The normalized spacial score (nSPS) is 20.6. The average Bonchev–Trinajstić information content (AvgIpc) is 3.30. The number of unbranched alkanes of at least 4 members (excludes halogenated alkanes) is 2. The summed E-state index contributed by atoms with van der Waals surface area (Å²) in [5.74, 6) is 0.947. The molecule has 0 aromatic rings. The van der Waals surface area contributed by atoms with E-state index in [1.165, 1.54) is 58.3 Å². The van der Waals surface area contributed by atoms with Gasteiger partial charge in [-0.2, -0.15) is 0 Å². The number of esters is 1. The average molecular weight is 296 g/mol. The van der Waals surface area contributed by atoms with Crippen molar-refractivity contribution in [1.82, 2.24) is 10.2 Å². The summed E-state index contributed by atoms with van der Waals surface area (Å²) in [4.78, 5) is 13.8. The molecule has 0 aromatic heterocycles. The van der Waals surface area contributed by atoms with Gasteiger partial charge >= 0.3 is 5.97 Å². The van der Waals surface area contributed by atoms with Gasteiger partial charge in [0.1, 0.15) is 0 Å². The van der Waals surface area contributed by atoms with Gasteiger partial charge in [0.15, 0.2) is 0 Å². The second-order valence-corrected chi connectivity index (χ2v) is 6.58. The highest BCUT2D eigenvalue weighted by Gasteiger charge is 2.24. The second-order valence-electron chi connectivity index (χ2n) is 6.58. The molecular weight excluding hydrogens is 264 g/mol. The Hall–Kier alpha value is -0.610. The van der Waals surface area contributed by atoms with Gasteiger partial charge in [0.25, 0.3) is 0 Å². The van der Waals surface area contributed by atoms with Gasteiger partial charge in [-0.25, -0.2) is 0 Å². The minimum absolute atomic E-state index is 0.0416. The van der Waals surface area contributed by atoms with Crippen LogP contribution in [0.1, 0.15) is 58.3 Å². The maximum Gasteiger partial charge on any atom is 0.305 e. The van der Waals surface area contributed by atoms with Gasteiger partial charge < -0.3 is 15.0 Å². The molecule has 0 atom stereocenters. The fraction of sp³-hybridized carbons (Fsp3) is 0.941. The zero-order valence-electron chi connectivity index (χ0n) is 13.6. The van der Waals surface area contributed by atoms with Crippen molar-refractivity contribution in [3.05, 3.63) is 0 Å². The molecule has 1 N–H and O–H groups in total. The number of hydrogen-bond donors (Lipinski definition) is 1. The molecule has 122 valence electrons. The van der Waals surface area contributed by atoms with Gasteiger partial charge in [0.05, 0.1) is 6.61 Å². The van der Waals surface area contributed by atoms with E-state index in [0.717, 1.165) is 24.8 Å². The highest BCUT2D eigenvalue weighted by atomic mass is 16.5. The maximum absolute atomic E-state index is 11.2. The number of carbonyl (C=O) groups is 1. The molecule has 0 aromatic carbocycles. The number of piperidine rings is 1. The molecule has 2 rings (SSSR count). The Kier molecular flexibility index (Phi) is 7.51. The fourth-order valence-corrected chi connectivity index (χ4v) is 3.03. The maximum atomic E-state index is 11.2. The molecule has 1 saturated heterocycles. The number of nitrogens with one attached hydrogen (secondary N) is 1. The molecule has 0 spiro atoms. The molecule has 1 heterocycles. The van der Waals surface area contributed by atoms with Crippen molar-refractivity contribution in [3.8, 4) is 0 Å². The highest BCUT2D eigenvalue weighted by Crippen LogP contribution is 2.28. The second kappa shape index (κ2) is 9.42. The molecule has 4 heteroatoms. The van der Waals surface area contributed by atoms with Crippen molar-refractivity contribution >= 4 is 5.97 Å². The Balaban J connectivity index is 1.42. The van der Waals surface area contributed by atoms with E-state index in [1.54, 1.807) is 0 Å². The summed E-state index contributed by atoms with van der Waals surface area (Å²) in [6.07, 6.45) is 9.39. The first-order valence-corrected chi connectivity index (χ1v) is 8.89. The Morgan fingerprint density at radius 2 is 1.90 bits per heavy atom. The van der Waals surface area contributed by atoms with Crippen LogP contribution in [-0.4, -0.2) is 49.7 Å². The molecule has 2 aliphatic rings. The number of nitrogens with zero attached hydrogens (tertiary/aromatic N) is 1. The van der Waals surface area contributed by atoms with Crippen LogP contribution in [-0.2, 0) is 9.53 Å². The summed E-state index contributed by atoms with van der Waals surface area (Å²) >= 11 is 0. The van der Waals surface area contributed by atoms with Gasteiger partial charge in [-0.05, 0) is 77.5 Å². The molecule has 1 saturated carbocycles. The van der Waals surface area contributed by atoms with E-state index in [1.807, 2.05) is 6.92 Å². The third-order valence-electron chi connectivity index (χ3n) is 4.64. The van der Waals surface area contributed by atoms with Crippen LogP contribution in [0, 0.1) is 5.92 Å². The van der Waals surface area contributed by atoms with Gasteiger partial charge in [-0.3, -0.25) is 4.79 Å². The van der Waals surface area contributed by atoms with Crippen molar-refractivity contribution < 1.29 is 9.53 Å². The Labute approximate surface area is 129 Å². The minimum atomic E-state index is -0.0416. The zero-order chi connectivity index (χ0) is 14.9. The first-order valence-electron chi connectivity index (χ1n) is 8.89. The molecule has 2 fully saturated rings. The van der Waals surface area contributed by atoms with Crippen molar-refractivity contribution in [2.24, 2.45) is 5.92 Å². The van der Waals surface area contributed by atoms with E-state index < -0.39 is 0 Å². The van der Waals surface area contributed by atoms with E-state index in [9.17, 15) is 4.79 Å². The third kappa shape index (κ3) is 7.28. The van der Waals surface area contributed by atoms with Crippen LogP contribution < -0.4 is 5.32 Å². The van der Waals surface area contributed by atoms with Gasteiger partial charge in [0, 0.05) is 12.5 Å². The number of rotatable bonds is 10. The van der Waals surface area contributed by atoms with E-state index in [4.69, 9.17) is 4.74 Å². The first kappa shape index (κ1) is 16.8. The Bertz CT molecular complexity index is 297. The smallest absolute Gasteiger partial charge is 0.305 e. The SMILES string of the molecule is CCOC(=O)CCCCCN1CCC(NCC2CC2)CC1. The number of hydrogen-bond acceptors (Lipinski definition) is 4. The molecule has 21 heavy (non-hydrogen) atoms. The molecular formula is C17H32N2O2. The molecule has 0 amide bonds. The largest absolute Gasteiger partial charge is 0.466 e. The summed E-state index contributed by atoms with van der Waals surface area (Å²) in [7, 11) is 0. The predicted molar refractivity (Wildman–Crippen MR) is 85.3 cm³/mol. The predicted octanol–water partition coefficient (Wildman–Crippen LogP) is 2.57. The van der Waals surface area contributed by atoms with Crippen LogP contribution in [0.3, 0.4) is 0 Å². The standard InChI is InChI=1S/C17H32N2O2/c1-2-21-17(20)6-4-3-5-11-19-12-9-16(10-13-19)18-14-15-7-8-15/h15-16,18H,2-14H2,1H3.